The molecule has 3 heterocycles. The van der Waals surface area contributed by atoms with Crippen LogP contribution in [0.5, 0.6) is 0 Å². The van der Waals surface area contributed by atoms with E-state index in [-0.39, 0.29) is 5.91 Å². The van der Waals surface area contributed by atoms with Crippen molar-refractivity contribution in [1.29, 1.82) is 0 Å². The second-order valence-electron chi connectivity index (χ2n) is 7.31. The summed E-state index contributed by atoms with van der Waals surface area (Å²) in [6.07, 6.45) is 6.28. The molecule has 6 heteroatoms. The lowest BCUT2D eigenvalue weighted by Crippen LogP contribution is -2.44. The lowest BCUT2D eigenvalue weighted by Gasteiger charge is -2.34. The molecule has 2 N–H and O–H groups in total. The third-order valence-electron chi connectivity index (χ3n) is 5.54. The molecule has 1 amide bonds. The lowest BCUT2D eigenvalue weighted by molar-refractivity contribution is -0.118. The second-order valence-corrected chi connectivity index (χ2v) is 7.31. The van der Waals surface area contributed by atoms with Crippen LogP contribution in [-0.4, -0.2) is 44.6 Å². The predicted molar refractivity (Wildman–Crippen MR) is 97.3 cm³/mol. The fourth-order valence-electron chi connectivity index (χ4n) is 4.21. The van der Waals surface area contributed by atoms with Crippen LogP contribution in [0.3, 0.4) is 0 Å². The first-order valence-electron chi connectivity index (χ1n) is 9.16. The first kappa shape index (κ1) is 16.3. The standard InChI is InChI=1S/C19H25N5O/c1-12-6-7-14(19-20-13(2)22-23-19)10-17(12)21-18(25)11-24-15-4-3-5-16(24)9-8-15/h6-7,10,15-16H,3-5,8-9,11H2,1-2H3,(H,21,25)(H,20,22,23). The van der Waals surface area contributed by atoms with Gasteiger partial charge in [0.15, 0.2) is 5.82 Å². The Kier molecular flexibility index (Phi) is 4.29. The van der Waals surface area contributed by atoms with Crippen molar-refractivity contribution in [3.05, 3.63) is 29.6 Å². The van der Waals surface area contributed by atoms with Gasteiger partial charge < -0.3 is 5.32 Å². The normalized spacial score (nSPS) is 23.0. The number of fused-ring (bicyclic) bond motifs is 2. The minimum atomic E-state index is 0.0743. The summed E-state index contributed by atoms with van der Waals surface area (Å²) in [7, 11) is 0. The quantitative estimate of drug-likeness (QED) is 0.898. The van der Waals surface area contributed by atoms with E-state index in [1.807, 2.05) is 32.0 Å². The molecule has 0 aliphatic carbocycles. The van der Waals surface area contributed by atoms with Gasteiger partial charge in [-0.25, -0.2) is 4.98 Å². The maximum absolute atomic E-state index is 12.6. The number of rotatable bonds is 4. The number of aromatic amines is 1. The Bertz CT molecular complexity index is 768. The highest BCUT2D eigenvalue weighted by atomic mass is 16.2. The molecule has 4 rings (SSSR count). The maximum Gasteiger partial charge on any atom is 0.238 e. The molecule has 2 aromatic rings. The number of H-pyrrole nitrogens is 1. The number of nitrogens with one attached hydrogen (secondary N) is 2. The van der Waals surface area contributed by atoms with Crippen molar-refractivity contribution in [3.8, 4) is 11.4 Å². The highest BCUT2D eigenvalue weighted by molar-refractivity contribution is 5.93. The fraction of sp³-hybridized carbons (Fsp3) is 0.526. The van der Waals surface area contributed by atoms with Gasteiger partial charge in [0.05, 0.1) is 6.54 Å². The van der Waals surface area contributed by atoms with E-state index in [0.29, 0.717) is 24.5 Å². The summed E-state index contributed by atoms with van der Waals surface area (Å²) in [6, 6.07) is 7.15. The van der Waals surface area contributed by atoms with Crippen molar-refractivity contribution in [1.82, 2.24) is 20.1 Å². The number of carbonyl (C=O) groups excluding carboxylic acids is 1. The number of hydrogen-bond donors (Lipinski definition) is 2. The molecule has 2 fully saturated rings. The molecular formula is C19H25N5O. The molecule has 2 bridgehead atoms. The lowest BCUT2D eigenvalue weighted by atomic mass is 10.0. The van der Waals surface area contributed by atoms with Crippen LogP contribution >= 0.6 is 0 Å². The Morgan fingerprint density at radius 2 is 2.00 bits per heavy atom. The molecule has 1 aromatic carbocycles. The van der Waals surface area contributed by atoms with Gasteiger partial charge in [-0.1, -0.05) is 18.6 Å². The first-order valence-corrected chi connectivity index (χ1v) is 9.16. The molecule has 6 nitrogen and oxygen atoms in total. The largest absolute Gasteiger partial charge is 0.325 e. The van der Waals surface area contributed by atoms with E-state index >= 15 is 0 Å². The zero-order chi connectivity index (χ0) is 17.4. The van der Waals surface area contributed by atoms with Crippen molar-refractivity contribution in [3.63, 3.8) is 0 Å². The van der Waals surface area contributed by atoms with Gasteiger partial charge in [-0.3, -0.25) is 14.8 Å². The van der Waals surface area contributed by atoms with Gasteiger partial charge in [-0.2, -0.15) is 5.10 Å². The summed E-state index contributed by atoms with van der Waals surface area (Å²) in [5.74, 6) is 1.51. The molecule has 1 aromatic heterocycles. The minimum absolute atomic E-state index is 0.0743. The van der Waals surface area contributed by atoms with Crippen molar-refractivity contribution in [2.24, 2.45) is 0 Å². The molecule has 0 radical (unpaired) electrons. The van der Waals surface area contributed by atoms with Gasteiger partial charge in [0.2, 0.25) is 5.91 Å². The van der Waals surface area contributed by atoms with Crippen LogP contribution in [-0.2, 0) is 4.79 Å². The molecule has 0 saturated carbocycles. The van der Waals surface area contributed by atoms with E-state index < -0.39 is 0 Å². The van der Waals surface area contributed by atoms with E-state index in [0.717, 1.165) is 22.6 Å². The van der Waals surface area contributed by atoms with Crippen LogP contribution in [0.25, 0.3) is 11.4 Å². The molecule has 25 heavy (non-hydrogen) atoms. The molecule has 132 valence electrons. The Hall–Kier alpha value is -2.21. The average molecular weight is 339 g/mol. The van der Waals surface area contributed by atoms with E-state index in [1.54, 1.807) is 0 Å². The van der Waals surface area contributed by atoms with Gasteiger partial charge in [0.25, 0.3) is 0 Å². The first-order chi connectivity index (χ1) is 12.1. The number of aryl methyl sites for hydroxylation is 2. The summed E-state index contributed by atoms with van der Waals surface area (Å²) < 4.78 is 0. The number of amides is 1. The monoisotopic (exact) mass is 339 g/mol. The number of hydrogen-bond acceptors (Lipinski definition) is 4. The van der Waals surface area contributed by atoms with Crippen molar-refractivity contribution in [2.45, 2.75) is 58.0 Å². The van der Waals surface area contributed by atoms with E-state index in [1.165, 1.54) is 32.1 Å². The minimum Gasteiger partial charge on any atom is -0.325 e. The molecule has 2 unspecified atom stereocenters. The van der Waals surface area contributed by atoms with Crippen LogP contribution in [0.4, 0.5) is 5.69 Å². The fourth-order valence-corrected chi connectivity index (χ4v) is 4.21. The molecule has 2 aliphatic rings. The Labute approximate surface area is 148 Å². The summed E-state index contributed by atoms with van der Waals surface area (Å²) in [6.45, 7) is 4.38. The van der Waals surface area contributed by atoms with Crippen LogP contribution in [0.1, 0.15) is 43.5 Å². The predicted octanol–water partition coefficient (Wildman–Crippen LogP) is 3.04. The number of anilines is 1. The van der Waals surface area contributed by atoms with Gasteiger partial charge in [0, 0.05) is 23.3 Å². The summed E-state index contributed by atoms with van der Waals surface area (Å²) in [4.78, 5) is 19.4. The summed E-state index contributed by atoms with van der Waals surface area (Å²) in [5.41, 5.74) is 2.79. The Morgan fingerprint density at radius 1 is 1.24 bits per heavy atom. The average Bonchev–Trinajstić information content (AvgIpc) is 3.09. The molecule has 2 atom stereocenters. The van der Waals surface area contributed by atoms with Gasteiger partial charge >= 0.3 is 0 Å². The highest BCUT2D eigenvalue weighted by Crippen LogP contribution is 2.35. The zero-order valence-electron chi connectivity index (χ0n) is 14.9. The van der Waals surface area contributed by atoms with Gasteiger partial charge in [-0.05, 0) is 51.2 Å². The number of aromatic nitrogens is 3. The summed E-state index contributed by atoms with van der Waals surface area (Å²) in [5, 5.41) is 10.2. The number of carbonyl (C=O) groups is 1. The number of nitrogens with zero attached hydrogens (tertiary/aromatic N) is 3. The third-order valence-corrected chi connectivity index (χ3v) is 5.54. The second kappa shape index (κ2) is 6.59. The van der Waals surface area contributed by atoms with Crippen LogP contribution < -0.4 is 5.32 Å². The smallest absolute Gasteiger partial charge is 0.238 e. The van der Waals surface area contributed by atoms with Gasteiger partial charge in [0.1, 0.15) is 5.82 Å². The summed E-state index contributed by atoms with van der Waals surface area (Å²) >= 11 is 0. The Balaban J connectivity index is 1.47. The van der Waals surface area contributed by atoms with E-state index in [2.05, 4.69) is 25.4 Å². The van der Waals surface area contributed by atoms with Crippen molar-refractivity contribution < 1.29 is 4.79 Å². The Morgan fingerprint density at radius 3 is 2.68 bits per heavy atom. The topological polar surface area (TPSA) is 73.9 Å². The molecule has 2 aliphatic heterocycles. The van der Waals surface area contributed by atoms with Crippen molar-refractivity contribution in [2.75, 3.05) is 11.9 Å². The maximum atomic E-state index is 12.6. The molecule has 0 spiro atoms. The number of piperidine rings is 1. The highest BCUT2D eigenvalue weighted by Gasteiger charge is 2.37. The van der Waals surface area contributed by atoms with Crippen LogP contribution in [0, 0.1) is 13.8 Å². The zero-order valence-corrected chi connectivity index (χ0v) is 14.9. The third kappa shape index (κ3) is 3.31. The van der Waals surface area contributed by atoms with E-state index in [4.69, 9.17) is 0 Å². The van der Waals surface area contributed by atoms with Crippen LogP contribution in [0.2, 0.25) is 0 Å². The molecule has 2 saturated heterocycles. The van der Waals surface area contributed by atoms with Crippen LogP contribution in [0.15, 0.2) is 18.2 Å². The number of benzene rings is 1. The van der Waals surface area contributed by atoms with E-state index in [9.17, 15) is 4.79 Å². The van der Waals surface area contributed by atoms with Crippen molar-refractivity contribution >= 4 is 11.6 Å². The SMILES string of the molecule is Cc1nc(-c2ccc(C)c(NC(=O)CN3C4CCCC3CC4)c2)n[nH]1. The van der Waals surface area contributed by atoms with Gasteiger partial charge in [-0.15, -0.1) is 0 Å². The molecular weight excluding hydrogens is 314 g/mol.